The second-order valence-corrected chi connectivity index (χ2v) is 6.00. The summed E-state index contributed by atoms with van der Waals surface area (Å²) in [5.74, 6) is 0.815. The summed E-state index contributed by atoms with van der Waals surface area (Å²) < 4.78 is 12.9. The molecule has 112 valence electrons. The Hall–Kier alpha value is -1.60. The van der Waals surface area contributed by atoms with E-state index < -0.39 is 0 Å². The van der Waals surface area contributed by atoms with Crippen LogP contribution < -0.4 is 4.90 Å². The van der Waals surface area contributed by atoms with Gasteiger partial charge in [0.25, 0.3) is 0 Å². The third kappa shape index (κ3) is 3.95. The van der Waals surface area contributed by atoms with E-state index in [2.05, 4.69) is 25.0 Å². The van der Waals surface area contributed by atoms with Crippen molar-refractivity contribution in [1.29, 1.82) is 0 Å². The van der Waals surface area contributed by atoms with E-state index in [9.17, 15) is 4.39 Å². The van der Waals surface area contributed by atoms with Crippen LogP contribution in [0.15, 0.2) is 35.7 Å². The molecule has 0 saturated carbocycles. The van der Waals surface area contributed by atoms with E-state index in [0.29, 0.717) is 0 Å². The molecule has 0 bridgehead atoms. The molecule has 3 rings (SSSR count). The Balaban J connectivity index is 1.41. The van der Waals surface area contributed by atoms with Gasteiger partial charge in [-0.1, -0.05) is 11.8 Å². The van der Waals surface area contributed by atoms with Crippen LogP contribution in [0.2, 0.25) is 0 Å². The molecule has 0 radical (unpaired) electrons. The maximum atomic E-state index is 12.9. The third-order valence-corrected chi connectivity index (χ3v) is 4.44. The van der Waals surface area contributed by atoms with Crippen LogP contribution in [-0.2, 0) is 0 Å². The molecule has 0 amide bonds. The van der Waals surface area contributed by atoms with E-state index >= 15 is 0 Å². The standard InChI is InChI=1S/C14H18FN5S/c15-12-1-3-13(4-2-12)20-7-5-19(6-8-20)9-10-21-14-16-11-17-18-14/h1-4,11H,5-10H2,(H,16,17,18). The molecule has 1 aromatic heterocycles. The molecule has 0 atom stereocenters. The van der Waals surface area contributed by atoms with Crippen LogP contribution >= 0.6 is 11.8 Å². The van der Waals surface area contributed by atoms with Crippen molar-refractivity contribution in [1.82, 2.24) is 20.1 Å². The number of aromatic nitrogens is 3. The van der Waals surface area contributed by atoms with Crippen molar-refractivity contribution in [3.8, 4) is 0 Å². The molecule has 1 fully saturated rings. The average Bonchev–Trinajstić information content (AvgIpc) is 3.02. The first-order chi connectivity index (χ1) is 10.3. The minimum atomic E-state index is -0.179. The summed E-state index contributed by atoms with van der Waals surface area (Å²) in [5, 5.41) is 7.55. The number of rotatable bonds is 5. The maximum Gasteiger partial charge on any atom is 0.208 e. The van der Waals surface area contributed by atoms with E-state index in [1.54, 1.807) is 18.1 Å². The SMILES string of the molecule is Fc1ccc(N2CCN(CCSc3nc[nH]n3)CC2)cc1. The maximum absolute atomic E-state index is 12.9. The van der Waals surface area contributed by atoms with E-state index in [4.69, 9.17) is 0 Å². The first-order valence-corrected chi connectivity index (χ1v) is 8.01. The highest BCUT2D eigenvalue weighted by molar-refractivity contribution is 7.99. The van der Waals surface area contributed by atoms with Gasteiger partial charge in [-0.15, -0.1) is 5.10 Å². The second-order valence-electron chi connectivity index (χ2n) is 4.94. The Bertz CT molecular complexity index is 537. The summed E-state index contributed by atoms with van der Waals surface area (Å²) in [6.45, 7) is 5.07. The molecule has 1 N–H and O–H groups in total. The third-order valence-electron chi connectivity index (χ3n) is 3.60. The Morgan fingerprint density at radius 3 is 2.57 bits per heavy atom. The molecular weight excluding hydrogens is 289 g/mol. The quantitative estimate of drug-likeness (QED) is 0.855. The number of aromatic amines is 1. The zero-order valence-electron chi connectivity index (χ0n) is 11.7. The fourth-order valence-corrected chi connectivity index (χ4v) is 3.19. The van der Waals surface area contributed by atoms with Crippen molar-refractivity contribution in [3.63, 3.8) is 0 Å². The lowest BCUT2D eigenvalue weighted by Gasteiger charge is -2.36. The summed E-state index contributed by atoms with van der Waals surface area (Å²) in [4.78, 5) is 8.84. The van der Waals surface area contributed by atoms with Gasteiger partial charge in [0, 0.05) is 44.2 Å². The topological polar surface area (TPSA) is 48.0 Å². The summed E-state index contributed by atoms with van der Waals surface area (Å²) >= 11 is 1.67. The van der Waals surface area contributed by atoms with Crippen molar-refractivity contribution in [3.05, 3.63) is 36.4 Å². The second kappa shape index (κ2) is 6.91. The predicted octanol–water partition coefficient (Wildman–Crippen LogP) is 1.86. The summed E-state index contributed by atoms with van der Waals surface area (Å²) in [6, 6.07) is 6.75. The molecule has 1 aliphatic rings. The fraction of sp³-hybridized carbons (Fsp3) is 0.429. The highest BCUT2D eigenvalue weighted by Crippen LogP contribution is 2.17. The first-order valence-electron chi connectivity index (χ1n) is 7.03. The molecule has 1 saturated heterocycles. The highest BCUT2D eigenvalue weighted by atomic mass is 32.2. The van der Waals surface area contributed by atoms with Gasteiger partial charge in [0.15, 0.2) is 0 Å². The minimum absolute atomic E-state index is 0.179. The van der Waals surface area contributed by atoms with E-state index in [1.807, 2.05) is 12.1 Å². The van der Waals surface area contributed by atoms with Gasteiger partial charge in [0.05, 0.1) is 0 Å². The van der Waals surface area contributed by atoms with Crippen LogP contribution in [0.5, 0.6) is 0 Å². The van der Waals surface area contributed by atoms with Gasteiger partial charge in [-0.05, 0) is 24.3 Å². The molecule has 5 nitrogen and oxygen atoms in total. The number of anilines is 1. The van der Waals surface area contributed by atoms with Crippen LogP contribution in [0.3, 0.4) is 0 Å². The van der Waals surface area contributed by atoms with Crippen LogP contribution in [0.1, 0.15) is 0 Å². The lowest BCUT2D eigenvalue weighted by molar-refractivity contribution is 0.273. The van der Waals surface area contributed by atoms with Gasteiger partial charge in [-0.25, -0.2) is 9.37 Å². The lowest BCUT2D eigenvalue weighted by atomic mass is 10.2. The van der Waals surface area contributed by atoms with Crippen molar-refractivity contribution >= 4 is 17.4 Å². The minimum Gasteiger partial charge on any atom is -0.369 e. The fourth-order valence-electron chi connectivity index (χ4n) is 2.41. The normalized spacial score (nSPS) is 16.3. The monoisotopic (exact) mass is 307 g/mol. The molecule has 1 aromatic carbocycles. The van der Waals surface area contributed by atoms with Gasteiger partial charge >= 0.3 is 0 Å². The van der Waals surface area contributed by atoms with Gasteiger partial charge in [-0.2, -0.15) is 0 Å². The largest absolute Gasteiger partial charge is 0.369 e. The summed E-state index contributed by atoms with van der Waals surface area (Å²) in [5.41, 5.74) is 1.10. The molecule has 2 aromatic rings. The molecular formula is C14H18FN5S. The molecule has 1 aliphatic heterocycles. The number of benzene rings is 1. The van der Waals surface area contributed by atoms with Gasteiger partial charge in [0.2, 0.25) is 5.16 Å². The lowest BCUT2D eigenvalue weighted by Crippen LogP contribution is -2.47. The molecule has 21 heavy (non-hydrogen) atoms. The highest BCUT2D eigenvalue weighted by Gasteiger charge is 2.17. The molecule has 0 unspecified atom stereocenters. The van der Waals surface area contributed by atoms with Crippen LogP contribution in [0, 0.1) is 5.82 Å². The van der Waals surface area contributed by atoms with Crippen LogP contribution in [-0.4, -0.2) is 58.6 Å². The number of piperazine rings is 1. The average molecular weight is 307 g/mol. The van der Waals surface area contributed by atoms with E-state index in [-0.39, 0.29) is 5.82 Å². The van der Waals surface area contributed by atoms with Crippen molar-refractivity contribution in [2.24, 2.45) is 0 Å². The Morgan fingerprint density at radius 2 is 1.90 bits per heavy atom. The number of nitrogens with zero attached hydrogens (tertiary/aromatic N) is 4. The molecule has 2 heterocycles. The van der Waals surface area contributed by atoms with Gasteiger partial charge < -0.3 is 4.90 Å². The van der Waals surface area contributed by atoms with Gasteiger partial charge in [0.1, 0.15) is 12.1 Å². The Labute approximate surface area is 127 Å². The van der Waals surface area contributed by atoms with Crippen LogP contribution in [0.25, 0.3) is 0 Å². The van der Waals surface area contributed by atoms with E-state index in [0.717, 1.165) is 49.3 Å². The molecule has 0 spiro atoms. The van der Waals surface area contributed by atoms with Crippen LogP contribution in [0.4, 0.5) is 10.1 Å². The summed E-state index contributed by atoms with van der Waals surface area (Å²) in [6.07, 6.45) is 1.60. The summed E-state index contributed by atoms with van der Waals surface area (Å²) in [7, 11) is 0. The molecule has 7 heteroatoms. The van der Waals surface area contributed by atoms with Crippen molar-refractivity contribution in [2.45, 2.75) is 5.16 Å². The van der Waals surface area contributed by atoms with Crippen molar-refractivity contribution in [2.75, 3.05) is 43.4 Å². The smallest absolute Gasteiger partial charge is 0.208 e. The zero-order chi connectivity index (χ0) is 14.5. The Morgan fingerprint density at radius 1 is 1.14 bits per heavy atom. The zero-order valence-corrected chi connectivity index (χ0v) is 12.5. The number of hydrogen-bond acceptors (Lipinski definition) is 5. The first kappa shape index (κ1) is 14.3. The number of H-pyrrole nitrogens is 1. The number of hydrogen-bond donors (Lipinski definition) is 1. The predicted molar refractivity (Wildman–Crippen MR) is 82.2 cm³/mol. The number of thioether (sulfide) groups is 1. The van der Waals surface area contributed by atoms with Gasteiger partial charge in [-0.3, -0.25) is 10.00 Å². The molecule has 0 aliphatic carbocycles. The van der Waals surface area contributed by atoms with Crippen molar-refractivity contribution < 1.29 is 4.39 Å². The van der Waals surface area contributed by atoms with E-state index in [1.165, 1.54) is 12.1 Å². The Kier molecular flexibility index (Phi) is 4.72. The number of nitrogens with one attached hydrogen (secondary N) is 1. The number of halogens is 1.